The molecule has 1 atom stereocenters. The van der Waals surface area contributed by atoms with Gasteiger partial charge >= 0.3 is 12.6 Å². The normalized spacial score (nSPS) is 12.1. The van der Waals surface area contributed by atoms with Crippen molar-refractivity contribution in [1.29, 1.82) is 0 Å². The third-order valence-corrected chi connectivity index (χ3v) is 5.89. The first-order chi connectivity index (χ1) is 17.2. The smallest absolute Gasteiger partial charge is 0.387 e. The third kappa shape index (κ3) is 5.10. The minimum atomic E-state index is -2.91. The van der Waals surface area contributed by atoms with Crippen LogP contribution in [0.25, 0.3) is 16.7 Å². The molecule has 1 unspecified atom stereocenters. The van der Waals surface area contributed by atoms with Crippen LogP contribution in [0.3, 0.4) is 0 Å². The number of alkyl halides is 2. The Balaban J connectivity index is 1.46. The largest absolute Gasteiger partial charge is 0.497 e. The average Bonchev–Trinajstić information content (AvgIpc) is 3.37. The van der Waals surface area contributed by atoms with Crippen LogP contribution in [0, 0.1) is 13.8 Å². The summed E-state index contributed by atoms with van der Waals surface area (Å²) >= 11 is 0. The van der Waals surface area contributed by atoms with E-state index in [0.29, 0.717) is 33.8 Å². The lowest BCUT2D eigenvalue weighted by Crippen LogP contribution is -2.25. The lowest BCUT2D eigenvalue weighted by Gasteiger charge is -2.13. The number of rotatable bonds is 9. The Morgan fingerprint density at radius 3 is 2.39 bits per heavy atom. The Morgan fingerprint density at radius 1 is 1.03 bits per heavy atom. The van der Waals surface area contributed by atoms with Gasteiger partial charge in [0.2, 0.25) is 5.78 Å². The fraction of sp³-hybridized carbons (Fsp3) is 0.259. The van der Waals surface area contributed by atoms with Crippen molar-refractivity contribution >= 4 is 22.7 Å². The number of aromatic nitrogens is 1. The minimum absolute atomic E-state index is 0.0394. The molecule has 0 radical (unpaired) electrons. The first-order valence-electron chi connectivity index (χ1n) is 11.2. The van der Waals surface area contributed by atoms with Crippen molar-refractivity contribution in [2.45, 2.75) is 39.9 Å². The second-order valence-corrected chi connectivity index (χ2v) is 8.29. The average molecular weight is 497 g/mol. The van der Waals surface area contributed by atoms with E-state index in [1.165, 1.54) is 25.3 Å². The van der Waals surface area contributed by atoms with Gasteiger partial charge in [-0.2, -0.15) is 8.78 Å². The minimum Gasteiger partial charge on any atom is -0.497 e. The van der Waals surface area contributed by atoms with E-state index < -0.39 is 18.7 Å². The van der Waals surface area contributed by atoms with Gasteiger partial charge in [0.15, 0.2) is 6.10 Å². The fourth-order valence-corrected chi connectivity index (χ4v) is 4.18. The van der Waals surface area contributed by atoms with Gasteiger partial charge in [-0.25, -0.2) is 0 Å². The predicted molar refractivity (Wildman–Crippen MR) is 128 cm³/mol. The maximum absolute atomic E-state index is 13.1. The summed E-state index contributed by atoms with van der Waals surface area (Å²) in [5, 5.41) is 0.764. The van der Waals surface area contributed by atoms with E-state index in [-0.39, 0.29) is 18.0 Å². The number of ketones is 1. The SMILES string of the molecule is COc1ccc2c(CC(=O)OC(C)C(=O)c3cc(C)n(-c4ccc(OC(F)F)cc4)c3C)coc2c1. The highest BCUT2D eigenvalue weighted by atomic mass is 19.3. The van der Waals surface area contributed by atoms with Gasteiger partial charge in [0.05, 0.1) is 19.8 Å². The second-order valence-electron chi connectivity index (χ2n) is 8.29. The van der Waals surface area contributed by atoms with Crippen LogP contribution in [0.5, 0.6) is 11.5 Å². The van der Waals surface area contributed by atoms with Crippen LogP contribution in [0.4, 0.5) is 8.78 Å². The molecule has 0 aliphatic carbocycles. The first-order valence-corrected chi connectivity index (χ1v) is 11.2. The molecule has 0 saturated heterocycles. The number of nitrogens with zero attached hydrogens (tertiary/aromatic N) is 1. The Labute approximate surface area is 206 Å². The molecule has 0 fully saturated rings. The summed E-state index contributed by atoms with van der Waals surface area (Å²) in [4.78, 5) is 25.7. The van der Waals surface area contributed by atoms with Crippen LogP contribution in [0.1, 0.15) is 34.2 Å². The summed E-state index contributed by atoms with van der Waals surface area (Å²) in [7, 11) is 1.56. The quantitative estimate of drug-likeness (QED) is 0.215. The van der Waals surface area contributed by atoms with Crippen LogP contribution in [0.2, 0.25) is 0 Å². The van der Waals surface area contributed by atoms with Gasteiger partial charge in [0.1, 0.15) is 17.1 Å². The summed E-state index contributed by atoms with van der Waals surface area (Å²) in [5.74, 6) is -0.224. The monoisotopic (exact) mass is 497 g/mol. The maximum Gasteiger partial charge on any atom is 0.387 e. The number of fused-ring (bicyclic) bond motifs is 1. The molecule has 4 rings (SSSR count). The van der Waals surface area contributed by atoms with Gasteiger partial charge in [-0.15, -0.1) is 0 Å². The van der Waals surface area contributed by atoms with Gasteiger partial charge in [0.25, 0.3) is 0 Å². The Hall–Kier alpha value is -4.14. The van der Waals surface area contributed by atoms with E-state index in [2.05, 4.69) is 4.74 Å². The predicted octanol–water partition coefficient (Wildman–Crippen LogP) is 5.81. The number of carbonyl (C=O) groups is 2. The summed E-state index contributed by atoms with van der Waals surface area (Å²) in [6.07, 6.45) is 0.429. The number of benzene rings is 2. The van der Waals surface area contributed by atoms with Crippen LogP contribution in [-0.4, -0.2) is 36.1 Å². The Kier molecular flexibility index (Phi) is 7.10. The Morgan fingerprint density at radius 2 is 1.72 bits per heavy atom. The standard InChI is InChI=1S/C27H25F2NO6/c1-15-11-23(16(2)30(15)19-5-7-20(8-6-19)36-27(28)29)26(32)17(3)35-25(31)12-18-14-34-24-13-21(33-4)9-10-22(18)24/h5-11,13-14,17,27H,12H2,1-4H3. The number of ether oxygens (including phenoxy) is 3. The lowest BCUT2D eigenvalue weighted by molar-refractivity contribution is -0.145. The molecule has 2 heterocycles. The molecule has 0 N–H and O–H groups in total. The number of aryl methyl sites for hydroxylation is 1. The zero-order chi connectivity index (χ0) is 26.0. The highest BCUT2D eigenvalue weighted by Crippen LogP contribution is 2.27. The lowest BCUT2D eigenvalue weighted by atomic mass is 10.1. The highest BCUT2D eigenvalue weighted by Gasteiger charge is 2.25. The number of furan rings is 1. The third-order valence-electron chi connectivity index (χ3n) is 5.89. The van der Waals surface area contributed by atoms with Crippen LogP contribution >= 0.6 is 0 Å². The number of hydrogen-bond acceptors (Lipinski definition) is 6. The molecule has 9 heteroatoms. The summed E-state index contributed by atoms with van der Waals surface area (Å²) in [6, 6.07) is 13.1. The number of methoxy groups -OCH3 is 1. The van der Waals surface area contributed by atoms with Crippen molar-refractivity contribution in [2.24, 2.45) is 0 Å². The molecule has 4 aromatic rings. The summed E-state index contributed by atoms with van der Waals surface area (Å²) in [6.45, 7) is 2.21. The molecule has 188 valence electrons. The topological polar surface area (TPSA) is 79.9 Å². The van der Waals surface area contributed by atoms with Crippen molar-refractivity contribution in [3.05, 3.63) is 77.3 Å². The van der Waals surface area contributed by atoms with Gasteiger partial charge < -0.3 is 23.2 Å². The molecule has 0 aliphatic rings. The molecule has 0 amide bonds. The molecule has 36 heavy (non-hydrogen) atoms. The van der Waals surface area contributed by atoms with E-state index in [0.717, 1.165) is 11.1 Å². The van der Waals surface area contributed by atoms with Crippen LogP contribution < -0.4 is 9.47 Å². The van der Waals surface area contributed by atoms with Crippen molar-refractivity contribution in [3.63, 3.8) is 0 Å². The van der Waals surface area contributed by atoms with Gasteiger partial charge in [-0.3, -0.25) is 9.59 Å². The number of esters is 1. The first kappa shape index (κ1) is 25.0. The molecule has 0 spiro atoms. The number of halogens is 2. The summed E-state index contributed by atoms with van der Waals surface area (Å²) in [5.41, 5.74) is 3.72. The zero-order valence-electron chi connectivity index (χ0n) is 20.2. The van der Waals surface area contributed by atoms with E-state index >= 15 is 0 Å². The maximum atomic E-state index is 13.1. The molecule has 0 bridgehead atoms. The van der Waals surface area contributed by atoms with Gasteiger partial charge in [0, 0.05) is 39.7 Å². The number of Topliss-reactive ketones (excluding diaryl/α,β-unsaturated/α-hetero) is 1. The molecular weight excluding hydrogens is 472 g/mol. The fourth-order valence-electron chi connectivity index (χ4n) is 4.18. The van der Waals surface area contributed by atoms with E-state index in [1.807, 2.05) is 11.5 Å². The Bertz CT molecular complexity index is 1400. The van der Waals surface area contributed by atoms with Crippen molar-refractivity contribution in [3.8, 4) is 17.2 Å². The van der Waals surface area contributed by atoms with Crippen molar-refractivity contribution < 1.29 is 37.0 Å². The molecular formula is C27H25F2NO6. The molecule has 0 saturated carbocycles. The van der Waals surface area contributed by atoms with Crippen molar-refractivity contribution in [2.75, 3.05) is 7.11 Å². The second kappa shape index (κ2) is 10.2. The number of carbonyl (C=O) groups excluding carboxylic acids is 2. The van der Waals surface area contributed by atoms with E-state index in [4.69, 9.17) is 13.9 Å². The van der Waals surface area contributed by atoms with E-state index in [1.54, 1.807) is 50.4 Å². The molecule has 7 nitrogen and oxygen atoms in total. The highest BCUT2D eigenvalue weighted by molar-refractivity contribution is 6.01. The van der Waals surface area contributed by atoms with Crippen molar-refractivity contribution in [1.82, 2.24) is 4.57 Å². The van der Waals surface area contributed by atoms with E-state index in [9.17, 15) is 18.4 Å². The van der Waals surface area contributed by atoms with Crippen LogP contribution in [-0.2, 0) is 16.0 Å². The van der Waals surface area contributed by atoms with Gasteiger partial charge in [-0.1, -0.05) is 0 Å². The number of hydrogen-bond donors (Lipinski definition) is 0. The zero-order valence-corrected chi connectivity index (χ0v) is 20.2. The summed E-state index contributed by atoms with van der Waals surface area (Å²) < 4.78 is 47.2. The van der Waals surface area contributed by atoms with Crippen LogP contribution in [0.15, 0.2) is 59.2 Å². The van der Waals surface area contributed by atoms with Gasteiger partial charge in [-0.05, 0) is 63.2 Å². The molecule has 2 aromatic heterocycles. The molecule has 2 aromatic carbocycles. The molecule has 0 aliphatic heterocycles.